The Labute approximate surface area is 145 Å². The number of nitrogens with two attached hydrogens (primary N) is 1. The first-order valence-electron chi connectivity index (χ1n) is 8.75. The van der Waals surface area contributed by atoms with Crippen molar-refractivity contribution in [2.45, 2.75) is 57.9 Å². The zero-order valence-electron chi connectivity index (χ0n) is 13.7. The minimum Gasteiger partial charge on any atom is -1.00 e. The highest BCUT2D eigenvalue weighted by atomic mass is 35.5. The Bertz CT molecular complexity index is 675. The molecule has 122 valence electrons. The molecule has 1 aromatic heterocycles. The number of aromatic nitrogens is 1. The smallest absolute Gasteiger partial charge is 0.215 e. The number of aryl methyl sites for hydroxylation is 2. The lowest BCUT2D eigenvalue weighted by Gasteiger charge is -2.22. The Kier molecular flexibility index (Phi) is 5.03. The van der Waals surface area contributed by atoms with Crippen LogP contribution in [-0.2, 0) is 32.2 Å². The van der Waals surface area contributed by atoms with Crippen molar-refractivity contribution in [3.8, 4) is 5.69 Å². The van der Waals surface area contributed by atoms with Crippen molar-refractivity contribution in [1.29, 1.82) is 0 Å². The van der Waals surface area contributed by atoms with Gasteiger partial charge in [-0.2, -0.15) is 4.57 Å². The SMILES string of the molecule is NCc1ccccc1-[n+]1c2c(cc3c1CCCC3)CCCC2.[Cl-]. The average molecular weight is 329 g/mol. The second-order valence-electron chi connectivity index (χ2n) is 6.67. The van der Waals surface area contributed by atoms with Crippen LogP contribution in [0.3, 0.4) is 0 Å². The third-order valence-corrected chi connectivity index (χ3v) is 5.30. The van der Waals surface area contributed by atoms with Crippen LogP contribution in [0.4, 0.5) is 0 Å². The molecule has 0 unspecified atom stereocenters. The molecule has 0 spiro atoms. The fourth-order valence-corrected chi connectivity index (χ4v) is 4.21. The molecule has 2 aromatic rings. The molecule has 2 nitrogen and oxygen atoms in total. The van der Waals surface area contributed by atoms with Crippen molar-refractivity contribution in [3.05, 3.63) is 58.4 Å². The minimum absolute atomic E-state index is 0. The fraction of sp³-hybridized carbons (Fsp3) is 0.450. The highest BCUT2D eigenvalue weighted by Crippen LogP contribution is 2.27. The summed E-state index contributed by atoms with van der Waals surface area (Å²) in [4.78, 5) is 0. The number of benzene rings is 1. The number of nitrogens with zero attached hydrogens (tertiary/aromatic N) is 1. The van der Waals surface area contributed by atoms with Gasteiger partial charge >= 0.3 is 0 Å². The van der Waals surface area contributed by atoms with E-state index in [1.54, 1.807) is 22.5 Å². The Morgan fingerprint density at radius 2 is 1.39 bits per heavy atom. The molecule has 2 aliphatic rings. The van der Waals surface area contributed by atoms with Crippen molar-refractivity contribution >= 4 is 0 Å². The van der Waals surface area contributed by atoms with Gasteiger partial charge in [0.1, 0.15) is 0 Å². The van der Waals surface area contributed by atoms with E-state index in [9.17, 15) is 0 Å². The molecule has 2 aliphatic carbocycles. The van der Waals surface area contributed by atoms with Crippen LogP contribution < -0.4 is 22.7 Å². The van der Waals surface area contributed by atoms with Crippen LogP contribution in [0, 0.1) is 0 Å². The molecule has 0 fully saturated rings. The number of para-hydroxylation sites is 1. The van der Waals surface area contributed by atoms with E-state index in [4.69, 9.17) is 5.73 Å². The third kappa shape index (κ3) is 2.90. The van der Waals surface area contributed by atoms with Gasteiger partial charge in [-0.15, -0.1) is 0 Å². The van der Waals surface area contributed by atoms with Gasteiger partial charge in [0.2, 0.25) is 5.69 Å². The molecule has 0 aliphatic heterocycles. The maximum atomic E-state index is 6.03. The summed E-state index contributed by atoms with van der Waals surface area (Å²) in [5, 5.41) is 0. The lowest BCUT2D eigenvalue weighted by molar-refractivity contribution is -0.615. The molecular formula is C20H25ClN2. The number of hydrogen-bond donors (Lipinski definition) is 1. The van der Waals surface area contributed by atoms with Gasteiger partial charge in [0.05, 0.1) is 0 Å². The van der Waals surface area contributed by atoms with Gasteiger partial charge in [-0.25, -0.2) is 0 Å². The molecule has 0 amide bonds. The Balaban J connectivity index is 0.00000156. The maximum absolute atomic E-state index is 6.03. The molecule has 0 radical (unpaired) electrons. The third-order valence-electron chi connectivity index (χ3n) is 5.30. The monoisotopic (exact) mass is 328 g/mol. The molecule has 23 heavy (non-hydrogen) atoms. The first kappa shape index (κ1) is 16.5. The topological polar surface area (TPSA) is 29.9 Å². The average Bonchev–Trinajstić information content (AvgIpc) is 2.59. The van der Waals surface area contributed by atoms with Crippen LogP contribution in [0.5, 0.6) is 0 Å². The normalized spacial score (nSPS) is 16.2. The van der Waals surface area contributed by atoms with Crippen LogP contribution in [0.25, 0.3) is 5.69 Å². The van der Waals surface area contributed by atoms with Crippen molar-refractivity contribution in [3.63, 3.8) is 0 Å². The molecule has 0 bridgehead atoms. The van der Waals surface area contributed by atoms with E-state index < -0.39 is 0 Å². The predicted octanol–water partition coefficient (Wildman–Crippen LogP) is 0.184. The molecule has 3 heteroatoms. The molecular weight excluding hydrogens is 304 g/mol. The largest absolute Gasteiger partial charge is 1.00 e. The van der Waals surface area contributed by atoms with Crippen molar-refractivity contribution in [2.75, 3.05) is 0 Å². The van der Waals surface area contributed by atoms with Gasteiger partial charge in [-0.3, -0.25) is 0 Å². The van der Waals surface area contributed by atoms with Gasteiger partial charge in [-0.1, -0.05) is 18.2 Å². The summed E-state index contributed by atoms with van der Waals surface area (Å²) in [5.74, 6) is 0. The molecule has 0 saturated carbocycles. The first-order valence-corrected chi connectivity index (χ1v) is 8.75. The van der Waals surface area contributed by atoms with E-state index in [0.717, 1.165) is 0 Å². The van der Waals surface area contributed by atoms with Crippen LogP contribution in [0.1, 0.15) is 53.8 Å². The summed E-state index contributed by atoms with van der Waals surface area (Å²) in [6, 6.07) is 11.2. The van der Waals surface area contributed by atoms with Gasteiger partial charge in [-0.05, 0) is 44.6 Å². The van der Waals surface area contributed by atoms with E-state index in [1.807, 2.05) is 0 Å². The zero-order chi connectivity index (χ0) is 14.9. The molecule has 4 rings (SSSR count). The summed E-state index contributed by atoms with van der Waals surface area (Å²) in [6.45, 7) is 0.613. The summed E-state index contributed by atoms with van der Waals surface area (Å²) in [5.41, 5.74) is 14.9. The highest BCUT2D eigenvalue weighted by molar-refractivity contribution is 5.38. The zero-order valence-corrected chi connectivity index (χ0v) is 14.4. The number of rotatable bonds is 2. The van der Waals surface area contributed by atoms with Crippen molar-refractivity contribution < 1.29 is 17.0 Å². The van der Waals surface area contributed by atoms with Gasteiger partial charge in [0.25, 0.3) is 0 Å². The molecule has 2 N–H and O–H groups in total. The number of halogens is 1. The van der Waals surface area contributed by atoms with E-state index in [1.165, 1.54) is 62.6 Å². The van der Waals surface area contributed by atoms with E-state index >= 15 is 0 Å². The molecule has 1 heterocycles. The Morgan fingerprint density at radius 3 is 2.00 bits per heavy atom. The fourth-order valence-electron chi connectivity index (χ4n) is 4.21. The minimum atomic E-state index is 0. The standard InChI is InChI=1S/C20H25N2.ClH/c21-14-17-9-3-6-12-20(17)22-18-10-4-1-7-15(18)13-16-8-2-5-11-19(16)22;/h3,6,9,12-13H,1-2,4-5,7-8,10-11,14,21H2;1H/q+1;/p-1. The van der Waals surface area contributed by atoms with Crippen LogP contribution >= 0.6 is 0 Å². The quantitative estimate of drug-likeness (QED) is 0.783. The number of fused-ring (bicyclic) bond motifs is 2. The molecule has 0 saturated heterocycles. The number of pyridine rings is 1. The highest BCUT2D eigenvalue weighted by Gasteiger charge is 2.30. The first-order chi connectivity index (χ1) is 10.9. The van der Waals surface area contributed by atoms with Crippen molar-refractivity contribution in [1.82, 2.24) is 0 Å². The Morgan fingerprint density at radius 1 is 0.826 bits per heavy atom. The van der Waals surface area contributed by atoms with Gasteiger partial charge in [0.15, 0.2) is 11.4 Å². The van der Waals surface area contributed by atoms with Crippen LogP contribution in [0.2, 0.25) is 0 Å². The predicted molar refractivity (Wildman–Crippen MR) is 89.1 cm³/mol. The second-order valence-corrected chi connectivity index (χ2v) is 6.67. The van der Waals surface area contributed by atoms with Gasteiger partial charge < -0.3 is 18.1 Å². The Hall–Kier alpha value is -1.38. The van der Waals surface area contributed by atoms with E-state index in [2.05, 4.69) is 34.9 Å². The van der Waals surface area contributed by atoms with Crippen molar-refractivity contribution in [2.24, 2.45) is 5.73 Å². The van der Waals surface area contributed by atoms with E-state index in [0.29, 0.717) is 6.54 Å². The summed E-state index contributed by atoms with van der Waals surface area (Å²) < 4.78 is 2.59. The van der Waals surface area contributed by atoms with Crippen LogP contribution in [-0.4, -0.2) is 0 Å². The number of hydrogen-bond acceptors (Lipinski definition) is 1. The molecule has 1 aromatic carbocycles. The maximum Gasteiger partial charge on any atom is 0.215 e. The van der Waals surface area contributed by atoms with Crippen LogP contribution in [0.15, 0.2) is 30.3 Å². The molecule has 0 atom stereocenters. The van der Waals surface area contributed by atoms with E-state index in [-0.39, 0.29) is 12.4 Å². The summed E-state index contributed by atoms with van der Waals surface area (Å²) in [7, 11) is 0. The summed E-state index contributed by atoms with van der Waals surface area (Å²) in [6.07, 6.45) is 10.2. The second kappa shape index (κ2) is 7.02. The lowest BCUT2D eigenvalue weighted by Crippen LogP contribution is -3.00. The summed E-state index contributed by atoms with van der Waals surface area (Å²) >= 11 is 0. The lowest BCUT2D eigenvalue weighted by atomic mass is 9.88. The van der Waals surface area contributed by atoms with Gasteiger partial charge in [0, 0.05) is 42.1 Å².